The molecular weight excluding hydrogens is 360 g/mol. The third-order valence-electron chi connectivity index (χ3n) is 4.73. The van der Waals surface area contributed by atoms with Gasteiger partial charge in [-0.1, -0.05) is 17.7 Å². The van der Waals surface area contributed by atoms with Crippen LogP contribution in [0.1, 0.15) is 19.8 Å². The van der Waals surface area contributed by atoms with E-state index in [1.807, 2.05) is 6.92 Å². The van der Waals surface area contributed by atoms with Crippen LogP contribution in [0.4, 0.5) is 5.69 Å². The number of fused-ring (bicyclic) bond motifs is 1. The van der Waals surface area contributed by atoms with Gasteiger partial charge in [0.25, 0.3) is 0 Å². The van der Waals surface area contributed by atoms with Crippen LogP contribution in [0, 0.1) is 0 Å². The standard InChI is InChI=1S/C17H17ClN4O2S/c1-17-7-6-14(23)22(17)13(10-25-17)16(24)20-12-5-2-4-11(18)15(12)21-9-3-8-19-21/h2-5,8-9,13H,6-7,10H2,1H3,(H,20,24). The number of para-hydroxylation sites is 1. The number of thioether (sulfide) groups is 1. The first kappa shape index (κ1) is 16.5. The topological polar surface area (TPSA) is 67.2 Å². The largest absolute Gasteiger partial charge is 0.322 e. The molecule has 2 aliphatic heterocycles. The second-order valence-electron chi connectivity index (χ2n) is 6.34. The van der Waals surface area contributed by atoms with Gasteiger partial charge >= 0.3 is 0 Å². The van der Waals surface area contributed by atoms with E-state index in [1.165, 1.54) is 0 Å². The maximum absolute atomic E-state index is 12.9. The molecule has 130 valence electrons. The van der Waals surface area contributed by atoms with Gasteiger partial charge in [-0.05, 0) is 31.5 Å². The van der Waals surface area contributed by atoms with E-state index in [1.54, 1.807) is 58.0 Å². The van der Waals surface area contributed by atoms with Crippen LogP contribution in [-0.2, 0) is 9.59 Å². The highest BCUT2D eigenvalue weighted by Crippen LogP contribution is 2.47. The van der Waals surface area contributed by atoms with Crippen LogP contribution in [0.3, 0.4) is 0 Å². The van der Waals surface area contributed by atoms with Crippen molar-refractivity contribution in [2.24, 2.45) is 0 Å². The number of nitrogens with zero attached hydrogens (tertiary/aromatic N) is 3. The lowest BCUT2D eigenvalue weighted by Gasteiger charge is -2.30. The van der Waals surface area contributed by atoms with Crippen molar-refractivity contribution in [3.05, 3.63) is 41.7 Å². The van der Waals surface area contributed by atoms with Gasteiger partial charge in [0.15, 0.2) is 0 Å². The van der Waals surface area contributed by atoms with Gasteiger partial charge in [-0.25, -0.2) is 4.68 Å². The minimum absolute atomic E-state index is 0.0473. The Hall–Kier alpha value is -1.99. The number of aromatic nitrogens is 2. The summed E-state index contributed by atoms with van der Waals surface area (Å²) in [5, 5.41) is 7.63. The van der Waals surface area contributed by atoms with Crippen LogP contribution in [0.15, 0.2) is 36.7 Å². The average Bonchev–Trinajstić information content (AvgIpc) is 3.26. The monoisotopic (exact) mass is 376 g/mol. The quantitative estimate of drug-likeness (QED) is 0.894. The summed E-state index contributed by atoms with van der Waals surface area (Å²) in [6, 6.07) is 6.64. The third-order valence-corrected chi connectivity index (χ3v) is 6.54. The van der Waals surface area contributed by atoms with E-state index in [2.05, 4.69) is 10.4 Å². The summed E-state index contributed by atoms with van der Waals surface area (Å²) in [6.07, 6.45) is 4.71. The fraction of sp³-hybridized carbons (Fsp3) is 0.353. The average molecular weight is 377 g/mol. The van der Waals surface area contributed by atoms with Crippen LogP contribution in [-0.4, -0.2) is 43.2 Å². The Bertz CT molecular complexity index is 841. The predicted octanol–water partition coefficient (Wildman–Crippen LogP) is 2.92. The first-order chi connectivity index (χ1) is 12.0. The molecule has 25 heavy (non-hydrogen) atoms. The summed E-state index contributed by atoms with van der Waals surface area (Å²) in [5.41, 5.74) is 1.19. The molecular formula is C17H17ClN4O2S. The maximum Gasteiger partial charge on any atom is 0.248 e. The molecule has 2 unspecified atom stereocenters. The number of rotatable bonds is 3. The summed E-state index contributed by atoms with van der Waals surface area (Å²) < 4.78 is 1.62. The highest BCUT2D eigenvalue weighted by Gasteiger charge is 2.52. The van der Waals surface area contributed by atoms with Crippen molar-refractivity contribution >= 4 is 40.9 Å². The Kier molecular flexibility index (Phi) is 4.00. The van der Waals surface area contributed by atoms with Gasteiger partial charge < -0.3 is 10.2 Å². The Balaban J connectivity index is 1.62. The maximum atomic E-state index is 12.9. The van der Waals surface area contributed by atoms with Crippen LogP contribution in [0.5, 0.6) is 0 Å². The van der Waals surface area contributed by atoms with Crippen LogP contribution in [0.25, 0.3) is 5.69 Å². The van der Waals surface area contributed by atoms with Gasteiger partial charge in [-0.15, -0.1) is 11.8 Å². The third kappa shape index (κ3) is 2.71. The number of nitrogens with one attached hydrogen (secondary N) is 1. The molecule has 2 amide bonds. The number of anilines is 1. The van der Waals surface area contributed by atoms with Crippen molar-refractivity contribution in [1.82, 2.24) is 14.7 Å². The molecule has 0 bridgehead atoms. The van der Waals surface area contributed by atoms with Crippen molar-refractivity contribution in [1.29, 1.82) is 0 Å². The van der Waals surface area contributed by atoms with Crippen molar-refractivity contribution in [2.75, 3.05) is 11.1 Å². The number of amides is 2. The summed E-state index contributed by atoms with van der Waals surface area (Å²) in [4.78, 5) is 26.6. The minimum atomic E-state index is -0.463. The van der Waals surface area contributed by atoms with Gasteiger partial charge in [0.2, 0.25) is 11.8 Å². The molecule has 0 radical (unpaired) electrons. The van der Waals surface area contributed by atoms with Gasteiger partial charge in [-0.3, -0.25) is 9.59 Å². The highest BCUT2D eigenvalue weighted by atomic mass is 35.5. The lowest BCUT2D eigenvalue weighted by atomic mass is 10.2. The molecule has 1 aromatic carbocycles. The number of hydrogen-bond donors (Lipinski definition) is 1. The van der Waals surface area contributed by atoms with Crippen LogP contribution in [0.2, 0.25) is 5.02 Å². The zero-order valence-electron chi connectivity index (χ0n) is 13.6. The van der Waals surface area contributed by atoms with E-state index in [4.69, 9.17) is 11.6 Å². The molecule has 0 saturated carbocycles. The second kappa shape index (κ2) is 6.07. The zero-order valence-corrected chi connectivity index (χ0v) is 15.2. The first-order valence-corrected chi connectivity index (χ1v) is 9.41. The molecule has 0 aliphatic carbocycles. The first-order valence-electron chi connectivity index (χ1n) is 8.05. The molecule has 6 nitrogen and oxygen atoms in total. The zero-order chi connectivity index (χ0) is 17.6. The lowest BCUT2D eigenvalue weighted by molar-refractivity contribution is -0.135. The highest BCUT2D eigenvalue weighted by molar-refractivity contribution is 8.01. The molecule has 2 aromatic rings. The Morgan fingerprint density at radius 2 is 2.28 bits per heavy atom. The van der Waals surface area contributed by atoms with Crippen molar-refractivity contribution in [3.8, 4) is 5.69 Å². The van der Waals surface area contributed by atoms with E-state index in [0.717, 1.165) is 6.42 Å². The van der Waals surface area contributed by atoms with E-state index in [9.17, 15) is 9.59 Å². The Labute approximate surface area is 154 Å². The molecule has 1 aromatic heterocycles. The van der Waals surface area contributed by atoms with E-state index in [-0.39, 0.29) is 16.7 Å². The van der Waals surface area contributed by atoms with Crippen molar-refractivity contribution in [2.45, 2.75) is 30.7 Å². The summed E-state index contributed by atoms with van der Waals surface area (Å²) >= 11 is 7.99. The molecule has 1 N–H and O–H groups in total. The molecule has 2 fully saturated rings. The van der Waals surface area contributed by atoms with Crippen molar-refractivity contribution in [3.63, 3.8) is 0 Å². The molecule has 8 heteroatoms. The summed E-state index contributed by atoms with van der Waals surface area (Å²) in [6.45, 7) is 2.03. The smallest absolute Gasteiger partial charge is 0.248 e. The fourth-order valence-electron chi connectivity index (χ4n) is 3.48. The normalized spacial score (nSPS) is 25.3. The molecule has 4 rings (SSSR count). The van der Waals surface area contributed by atoms with Gasteiger partial charge in [0.05, 0.1) is 15.6 Å². The summed E-state index contributed by atoms with van der Waals surface area (Å²) in [5.74, 6) is 0.458. The van der Waals surface area contributed by atoms with Gasteiger partial charge in [0.1, 0.15) is 11.7 Å². The molecule has 3 heterocycles. The SMILES string of the molecule is CC12CCC(=O)N1C(C(=O)Nc1cccc(Cl)c1-n1cccn1)CS2. The summed E-state index contributed by atoms with van der Waals surface area (Å²) in [7, 11) is 0. The number of carbonyl (C=O) groups excluding carboxylic acids is 2. The molecule has 0 spiro atoms. The van der Waals surface area contributed by atoms with E-state index < -0.39 is 6.04 Å². The fourth-order valence-corrected chi connectivity index (χ4v) is 5.17. The van der Waals surface area contributed by atoms with Gasteiger partial charge in [0, 0.05) is 24.6 Å². The predicted molar refractivity (Wildman–Crippen MR) is 97.9 cm³/mol. The van der Waals surface area contributed by atoms with Crippen LogP contribution >= 0.6 is 23.4 Å². The number of carbonyl (C=O) groups is 2. The van der Waals surface area contributed by atoms with Crippen LogP contribution < -0.4 is 5.32 Å². The Morgan fingerprint density at radius 1 is 1.44 bits per heavy atom. The van der Waals surface area contributed by atoms with E-state index in [0.29, 0.717) is 28.6 Å². The lowest BCUT2D eigenvalue weighted by Crippen LogP contribution is -2.48. The second-order valence-corrected chi connectivity index (χ2v) is 8.25. The van der Waals surface area contributed by atoms with Crippen molar-refractivity contribution < 1.29 is 9.59 Å². The number of benzene rings is 1. The van der Waals surface area contributed by atoms with E-state index >= 15 is 0 Å². The molecule has 2 aliphatic rings. The number of hydrogen-bond acceptors (Lipinski definition) is 4. The molecule has 2 saturated heterocycles. The Morgan fingerprint density at radius 3 is 3.04 bits per heavy atom. The van der Waals surface area contributed by atoms with Gasteiger partial charge in [-0.2, -0.15) is 5.10 Å². The molecule has 2 atom stereocenters. The minimum Gasteiger partial charge on any atom is -0.322 e. The number of halogens is 1.